The van der Waals surface area contributed by atoms with Crippen LogP contribution in [0.25, 0.3) is 0 Å². The topological polar surface area (TPSA) is 76.4 Å². The molecule has 17 heavy (non-hydrogen) atoms. The molecule has 1 heterocycles. The van der Waals surface area contributed by atoms with Crippen molar-refractivity contribution in [2.45, 2.75) is 39.5 Å². The average Bonchev–Trinajstić information content (AvgIpc) is 2.53. The van der Waals surface area contributed by atoms with Gasteiger partial charge in [0.15, 0.2) is 0 Å². The van der Waals surface area contributed by atoms with Crippen LogP contribution in [0.1, 0.15) is 32.0 Å². The lowest BCUT2D eigenvalue weighted by molar-refractivity contribution is 0.0522. The molecule has 1 aromatic heterocycles. The second kappa shape index (κ2) is 5.18. The molecule has 0 aliphatic heterocycles. The number of carbonyl (C=O) groups is 1. The van der Waals surface area contributed by atoms with Crippen LogP contribution in [0, 0.1) is 0 Å². The van der Waals surface area contributed by atoms with Gasteiger partial charge in [0.25, 0.3) is 0 Å². The highest BCUT2D eigenvalue weighted by Gasteiger charge is 2.16. The van der Waals surface area contributed by atoms with Gasteiger partial charge < -0.3 is 15.2 Å². The lowest BCUT2D eigenvalue weighted by Crippen LogP contribution is -2.32. The fourth-order valence-corrected chi connectivity index (χ4v) is 1.33. The fraction of sp³-hybridized carbons (Fsp3) is 0.636. The summed E-state index contributed by atoms with van der Waals surface area (Å²) in [5.74, 6) is 0. The smallest absolute Gasteiger partial charge is 0.407 e. The van der Waals surface area contributed by atoms with Gasteiger partial charge in [0.1, 0.15) is 5.60 Å². The van der Waals surface area contributed by atoms with Crippen molar-refractivity contribution in [3.8, 4) is 0 Å². The molecule has 2 N–H and O–H groups in total. The largest absolute Gasteiger partial charge is 0.444 e. The van der Waals surface area contributed by atoms with Crippen molar-refractivity contribution in [2.24, 2.45) is 7.05 Å². The molecule has 96 valence electrons. The number of aliphatic hydroxyl groups excluding tert-OH is 1. The maximum Gasteiger partial charge on any atom is 0.407 e. The summed E-state index contributed by atoms with van der Waals surface area (Å²) in [4.78, 5) is 11.4. The first-order chi connectivity index (χ1) is 7.81. The Bertz CT molecular complexity index is 393. The van der Waals surface area contributed by atoms with E-state index in [0.717, 1.165) is 0 Å². The molecular formula is C11H19N3O3. The zero-order valence-electron chi connectivity index (χ0n) is 10.6. The van der Waals surface area contributed by atoms with Gasteiger partial charge in [-0.3, -0.25) is 4.68 Å². The van der Waals surface area contributed by atoms with Gasteiger partial charge in [-0.2, -0.15) is 5.10 Å². The Labute approximate surface area is 101 Å². The second-order valence-electron chi connectivity index (χ2n) is 4.79. The molecule has 6 heteroatoms. The minimum atomic E-state index is -0.520. The monoisotopic (exact) mass is 241 g/mol. The van der Waals surface area contributed by atoms with Crippen LogP contribution in [0.3, 0.4) is 0 Å². The van der Waals surface area contributed by atoms with Crippen molar-refractivity contribution in [2.75, 3.05) is 0 Å². The van der Waals surface area contributed by atoms with E-state index in [-0.39, 0.29) is 13.2 Å². The standard InChI is InChI=1S/C11H19N3O3/c1-11(2,3)17-10(16)12-5-9-8(7-15)6-14(4)13-9/h6,15H,5,7H2,1-4H3,(H,12,16). The van der Waals surface area contributed by atoms with Crippen LogP contribution in [0.4, 0.5) is 4.79 Å². The minimum Gasteiger partial charge on any atom is -0.444 e. The third-order valence-corrected chi connectivity index (χ3v) is 1.96. The molecule has 0 spiro atoms. The molecule has 0 atom stereocenters. The van der Waals surface area contributed by atoms with Gasteiger partial charge in [-0.25, -0.2) is 4.79 Å². The number of amides is 1. The summed E-state index contributed by atoms with van der Waals surface area (Å²) in [6.45, 7) is 5.54. The van der Waals surface area contributed by atoms with Gasteiger partial charge in [0, 0.05) is 18.8 Å². The van der Waals surface area contributed by atoms with Crippen LogP contribution < -0.4 is 5.32 Å². The lowest BCUT2D eigenvalue weighted by Gasteiger charge is -2.19. The number of carbonyl (C=O) groups excluding carboxylic acids is 1. The summed E-state index contributed by atoms with van der Waals surface area (Å²) in [6, 6.07) is 0. The number of nitrogens with one attached hydrogen (secondary N) is 1. The first-order valence-corrected chi connectivity index (χ1v) is 5.41. The van der Waals surface area contributed by atoms with Gasteiger partial charge in [-0.1, -0.05) is 0 Å². The van der Waals surface area contributed by atoms with Crippen molar-refractivity contribution in [1.29, 1.82) is 0 Å². The predicted molar refractivity (Wildman–Crippen MR) is 62.2 cm³/mol. The van der Waals surface area contributed by atoms with Gasteiger partial charge in [-0.05, 0) is 20.8 Å². The molecule has 1 amide bonds. The van der Waals surface area contributed by atoms with E-state index in [1.165, 1.54) is 0 Å². The molecule has 0 radical (unpaired) electrons. The van der Waals surface area contributed by atoms with E-state index in [1.807, 2.05) is 0 Å². The molecule has 0 aliphatic carbocycles. The molecule has 0 unspecified atom stereocenters. The zero-order chi connectivity index (χ0) is 13.1. The van der Waals surface area contributed by atoms with Crippen molar-refractivity contribution in [3.63, 3.8) is 0 Å². The summed E-state index contributed by atoms with van der Waals surface area (Å²) < 4.78 is 6.69. The molecule has 1 aromatic rings. The van der Waals surface area contributed by atoms with Crippen LogP contribution in [0.15, 0.2) is 6.20 Å². The highest BCUT2D eigenvalue weighted by Crippen LogP contribution is 2.08. The summed E-state index contributed by atoms with van der Waals surface area (Å²) in [7, 11) is 1.76. The van der Waals surface area contributed by atoms with E-state index in [2.05, 4.69) is 10.4 Å². The number of aliphatic hydroxyl groups is 1. The van der Waals surface area contributed by atoms with Crippen LogP contribution in [0.2, 0.25) is 0 Å². The Balaban J connectivity index is 2.53. The molecule has 0 saturated heterocycles. The molecule has 0 fully saturated rings. The van der Waals surface area contributed by atoms with Crippen molar-refractivity contribution >= 4 is 6.09 Å². The SMILES string of the molecule is Cn1cc(CO)c(CNC(=O)OC(C)(C)C)n1. The number of hydrogen-bond donors (Lipinski definition) is 2. The Morgan fingerprint density at radius 1 is 1.59 bits per heavy atom. The van der Waals surface area contributed by atoms with Crippen LogP contribution in [-0.4, -0.2) is 26.6 Å². The first-order valence-electron chi connectivity index (χ1n) is 5.41. The van der Waals surface area contributed by atoms with E-state index in [0.29, 0.717) is 11.3 Å². The molecule has 6 nitrogen and oxygen atoms in total. The summed E-state index contributed by atoms with van der Waals surface area (Å²) in [6.07, 6.45) is 1.22. The molecule has 0 bridgehead atoms. The molecule has 0 aromatic carbocycles. The number of alkyl carbamates (subject to hydrolysis) is 1. The number of aryl methyl sites for hydroxylation is 1. The lowest BCUT2D eigenvalue weighted by atomic mass is 10.2. The second-order valence-corrected chi connectivity index (χ2v) is 4.79. The quantitative estimate of drug-likeness (QED) is 0.825. The maximum atomic E-state index is 11.4. The predicted octanol–water partition coefficient (Wildman–Crippen LogP) is 0.937. The van der Waals surface area contributed by atoms with Crippen LogP contribution >= 0.6 is 0 Å². The van der Waals surface area contributed by atoms with Gasteiger partial charge in [0.2, 0.25) is 0 Å². The van der Waals surface area contributed by atoms with Crippen LogP contribution in [0.5, 0.6) is 0 Å². The highest BCUT2D eigenvalue weighted by molar-refractivity contribution is 5.67. The molecule has 1 rings (SSSR count). The van der Waals surface area contributed by atoms with E-state index in [9.17, 15) is 4.79 Å². The number of hydrogen-bond acceptors (Lipinski definition) is 4. The van der Waals surface area contributed by atoms with Gasteiger partial charge in [-0.15, -0.1) is 0 Å². The number of aromatic nitrogens is 2. The first kappa shape index (κ1) is 13.5. The number of nitrogens with zero attached hydrogens (tertiary/aromatic N) is 2. The zero-order valence-corrected chi connectivity index (χ0v) is 10.6. The minimum absolute atomic E-state index is 0.0980. The Hall–Kier alpha value is -1.56. The number of rotatable bonds is 3. The molecule has 0 aliphatic rings. The Morgan fingerprint density at radius 2 is 2.24 bits per heavy atom. The van der Waals surface area contributed by atoms with E-state index in [1.54, 1.807) is 38.7 Å². The highest BCUT2D eigenvalue weighted by atomic mass is 16.6. The summed E-state index contributed by atoms with van der Waals surface area (Å²) in [5.41, 5.74) is 0.818. The van der Waals surface area contributed by atoms with Crippen molar-refractivity contribution < 1.29 is 14.6 Å². The van der Waals surface area contributed by atoms with Crippen LogP contribution in [-0.2, 0) is 24.9 Å². The third-order valence-electron chi connectivity index (χ3n) is 1.96. The Morgan fingerprint density at radius 3 is 2.76 bits per heavy atom. The Kier molecular flexibility index (Phi) is 4.11. The van der Waals surface area contributed by atoms with Crippen molar-refractivity contribution in [1.82, 2.24) is 15.1 Å². The third kappa shape index (κ3) is 4.44. The number of ether oxygens (including phenoxy) is 1. The van der Waals surface area contributed by atoms with E-state index in [4.69, 9.17) is 9.84 Å². The normalized spacial score (nSPS) is 11.4. The summed E-state index contributed by atoms with van der Waals surface area (Å²) >= 11 is 0. The molecule has 0 saturated carbocycles. The van der Waals surface area contributed by atoms with E-state index >= 15 is 0 Å². The summed E-state index contributed by atoms with van der Waals surface area (Å²) in [5, 5.41) is 15.8. The fourth-order valence-electron chi connectivity index (χ4n) is 1.33. The average molecular weight is 241 g/mol. The van der Waals surface area contributed by atoms with Gasteiger partial charge >= 0.3 is 6.09 Å². The van der Waals surface area contributed by atoms with E-state index < -0.39 is 11.7 Å². The van der Waals surface area contributed by atoms with Crippen molar-refractivity contribution in [3.05, 3.63) is 17.5 Å². The van der Waals surface area contributed by atoms with Gasteiger partial charge in [0.05, 0.1) is 18.8 Å². The molecular weight excluding hydrogens is 222 g/mol. The maximum absolute atomic E-state index is 11.4.